The molecule has 1 aliphatic rings. The Balaban J connectivity index is 1.70. The van der Waals surface area contributed by atoms with E-state index in [-0.39, 0.29) is 6.17 Å². The van der Waals surface area contributed by atoms with Gasteiger partial charge in [0, 0.05) is 19.5 Å². The summed E-state index contributed by atoms with van der Waals surface area (Å²) in [7, 11) is 0. The molecule has 0 radical (unpaired) electrons. The van der Waals surface area contributed by atoms with Crippen LogP contribution in [0.2, 0.25) is 0 Å². The van der Waals surface area contributed by atoms with Crippen LogP contribution in [-0.4, -0.2) is 23.8 Å². The van der Waals surface area contributed by atoms with E-state index in [4.69, 9.17) is 10.5 Å². The normalized spacial score (nSPS) is 18.7. The van der Waals surface area contributed by atoms with Crippen molar-refractivity contribution >= 4 is 0 Å². The Kier molecular flexibility index (Phi) is 4.65. The molecule has 0 aromatic heterocycles. The van der Waals surface area contributed by atoms with Gasteiger partial charge in [0.2, 0.25) is 0 Å². The zero-order valence-electron chi connectivity index (χ0n) is 12.2. The standard InChI is InChI=1S/C18H22N2O/c19-18(11-17-14-21-17)20(12-15-7-3-1-4-8-15)13-16-9-5-2-6-10-16/h1-10,17-18H,11-14,19H2. The molecule has 2 aromatic rings. The monoisotopic (exact) mass is 282 g/mol. The van der Waals surface area contributed by atoms with Gasteiger partial charge in [-0.1, -0.05) is 60.7 Å². The summed E-state index contributed by atoms with van der Waals surface area (Å²) in [6.07, 6.45) is 1.28. The van der Waals surface area contributed by atoms with Gasteiger partial charge in [-0.2, -0.15) is 0 Å². The average Bonchev–Trinajstić information content (AvgIpc) is 3.33. The van der Waals surface area contributed by atoms with E-state index < -0.39 is 0 Å². The Labute approximate surface area is 126 Å². The van der Waals surface area contributed by atoms with E-state index in [2.05, 4.69) is 53.4 Å². The lowest BCUT2D eigenvalue weighted by Gasteiger charge is -2.29. The smallest absolute Gasteiger partial charge is 0.0837 e. The zero-order valence-corrected chi connectivity index (χ0v) is 12.2. The largest absolute Gasteiger partial charge is 0.373 e. The summed E-state index contributed by atoms with van der Waals surface area (Å²) in [5.41, 5.74) is 8.98. The topological polar surface area (TPSA) is 41.8 Å². The summed E-state index contributed by atoms with van der Waals surface area (Å²) in [4.78, 5) is 2.33. The van der Waals surface area contributed by atoms with E-state index >= 15 is 0 Å². The molecule has 3 rings (SSSR count). The van der Waals surface area contributed by atoms with E-state index in [1.807, 2.05) is 12.1 Å². The first-order valence-electron chi connectivity index (χ1n) is 7.50. The van der Waals surface area contributed by atoms with Crippen molar-refractivity contribution in [3.05, 3.63) is 71.8 Å². The average molecular weight is 282 g/mol. The number of epoxide rings is 1. The van der Waals surface area contributed by atoms with Gasteiger partial charge in [-0.3, -0.25) is 4.90 Å². The molecule has 1 fully saturated rings. The highest BCUT2D eigenvalue weighted by molar-refractivity contribution is 5.17. The van der Waals surface area contributed by atoms with Crippen LogP contribution in [0.25, 0.3) is 0 Å². The van der Waals surface area contributed by atoms with E-state index in [0.29, 0.717) is 6.10 Å². The van der Waals surface area contributed by atoms with Crippen LogP contribution in [0.15, 0.2) is 60.7 Å². The molecule has 2 atom stereocenters. The van der Waals surface area contributed by atoms with Crippen LogP contribution in [0.1, 0.15) is 17.5 Å². The first-order valence-corrected chi connectivity index (χ1v) is 7.50. The lowest BCUT2D eigenvalue weighted by Crippen LogP contribution is -2.42. The second kappa shape index (κ2) is 6.85. The van der Waals surface area contributed by atoms with Crippen LogP contribution in [0.4, 0.5) is 0 Å². The quantitative estimate of drug-likeness (QED) is 0.627. The van der Waals surface area contributed by atoms with Crippen LogP contribution >= 0.6 is 0 Å². The van der Waals surface area contributed by atoms with Crippen LogP contribution in [0, 0.1) is 0 Å². The second-order valence-electron chi connectivity index (χ2n) is 5.63. The molecular weight excluding hydrogens is 260 g/mol. The molecule has 0 aliphatic carbocycles. The van der Waals surface area contributed by atoms with Crippen molar-refractivity contribution in [2.75, 3.05) is 6.61 Å². The summed E-state index contributed by atoms with van der Waals surface area (Å²) in [5.74, 6) is 0. The van der Waals surface area contributed by atoms with Crippen molar-refractivity contribution in [3.8, 4) is 0 Å². The maximum atomic E-state index is 6.40. The first-order chi connectivity index (χ1) is 10.3. The van der Waals surface area contributed by atoms with E-state index in [0.717, 1.165) is 26.1 Å². The van der Waals surface area contributed by atoms with Crippen molar-refractivity contribution in [1.29, 1.82) is 0 Å². The third-order valence-corrected chi connectivity index (χ3v) is 3.83. The molecule has 3 heteroatoms. The molecule has 1 saturated heterocycles. The van der Waals surface area contributed by atoms with Crippen molar-refractivity contribution in [2.45, 2.75) is 31.8 Å². The van der Waals surface area contributed by atoms with Gasteiger partial charge < -0.3 is 10.5 Å². The summed E-state index contributed by atoms with van der Waals surface area (Å²) in [6.45, 7) is 2.59. The SMILES string of the molecule is NC(CC1CO1)N(Cc1ccccc1)Cc1ccccc1. The number of hydrogen-bond acceptors (Lipinski definition) is 3. The maximum Gasteiger partial charge on any atom is 0.0837 e. The molecule has 2 aromatic carbocycles. The minimum Gasteiger partial charge on any atom is -0.373 e. The third kappa shape index (κ3) is 4.39. The maximum absolute atomic E-state index is 6.40. The second-order valence-corrected chi connectivity index (χ2v) is 5.63. The van der Waals surface area contributed by atoms with E-state index in [1.165, 1.54) is 11.1 Å². The summed E-state index contributed by atoms with van der Waals surface area (Å²) in [5, 5.41) is 0. The van der Waals surface area contributed by atoms with Gasteiger partial charge in [0.15, 0.2) is 0 Å². The Morgan fingerprint density at radius 2 is 1.43 bits per heavy atom. The van der Waals surface area contributed by atoms with Gasteiger partial charge in [0.1, 0.15) is 0 Å². The highest BCUT2D eigenvalue weighted by atomic mass is 16.6. The van der Waals surface area contributed by atoms with Crippen molar-refractivity contribution < 1.29 is 4.74 Å². The summed E-state index contributed by atoms with van der Waals surface area (Å²) in [6, 6.07) is 21.0. The highest BCUT2D eigenvalue weighted by Gasteiger charge is 2.28. The predicted octanol–water partition coefficient (Wildman–Crippen LogP) is 2.76. The molecular formula is C18H22N2O. The third-order valence-electron chi connectivity index (χ3n) is 3.83. The van der Waals surface area contributed by atoms with Crippen molar-refractivity contribution in [1.82, 2.24) is 4.90 Å². The van der Waals surface area contributed by atoms with Gasteiger partial charge in [0.05, 0.1) is 18.9 Å². The Bertz CT molecular complexity index is 498. The van der Waals surface area contributed by atoms with Crippen LogP contribution in [-0.2, 0) is 17.8 Å². The molecule has 0 saturated carbocycles. The van der Waals surface area contributed by atoms with Crippen molar-refractivity contribution in [2.24, 2.45) is 5.73 Å². The number of benzene rings is 2. The molecule has 3 nitrogen and oxygen atoms in total. The highest BCUT2D eigenvalue weighted by Crippen LogP contribution is 2.19. The Morgan fingerprint density at radius 1 is 0.952 bits per heavy atom. The lowest BCUT2D eigenvalue weighted by atomic mass is 10.1. The number of hydrogen-bond donors (Lipinski definition) is 1. The Hall–Kier alpha value is -1.68. The van der Waals surface area contributed by atoms with Gasteiger partial charge in [-0.15, -0.1) is 0 Å². The fourth-order valence-corrected chi connectivity index (χ4v) is 2.55. The van der Waals surface area contributed by atoms with Crippen molar-refractivity contribution in [3.63, 3.8) is 0 Å². The number of nitrogens with zero attached hydrogens (tertiary/aromatic N) is 1. The van der Waals surface area contributed by atoms with Crippen LogP contribution in [0.3, 0.4) is 0 Å². The molecule has 0 bridgehead atoms. The molecule has 0 amide bonds. The predicted molar refractivity (Wildman–Crippen MR) is 84.5 cm³/mol. The molecule has 1 heterocycles. The first kappa shape index (κ1) is 14.3. The molecule has 1 aliphatic heterocycles. The Morgan fingerprint density at radius 3 is 1.86 bits per heavy atom. The van der Waals surface area contributed by atoms with Crippen LogP contribution < -0.4 is 5.73 Å². The van der Waals surface area contributed by atoms with Crippen LogP contribution in [0.5, 0.6) is 0 Å². The fraction of sp³-hybridized carbons (Fsp3) is 0.333. The molecule has 110 valence electrons. The number of ether oxygens (including phenoxy) is 1. The fourth-order valence-electron chi connectivity index (χ4n) is 2.55. The minimum absolute atomic E-state index is 0.0258. The van der Waals surface area contributed by atoms with Gasteiger partial charge in [-0.05, 0) is 11.1 Å². The van der Waals surface area contributed by atoms with E-state index in [1.54, 1.807) is 0 Å². The van der Waals surface area contributed by atoms with Gasteiger partial charge >= 0.3 is 0 Å². The zero-order chi connectivity index (χ0) is 14.5. The lowest BCUT2D eigenvalue weighted by molar-refractivity contribution is 0.162. The van der Waals surface area contributed by atoms with E-state index in [9.17, 15) is 0 Å². The summed E-state index contributed by atoms with van der Waals surface area (Å²) >= 11 is 0. The summed E-state index contributed by atoms with van der Waals surface area (Å²) < 4.78 is 5.32. The van der Waals surface area contributed by atoms with Gasteiger partial charge in [0.25, 0.3) is 0 Å². The molecule has 2 N–H and O–H groups in total. The van der Waals surface area contributed by atoms with Gasteiger partial charge in [-0.25, -0.2) is 0 Å². The number of rotatable bonds is 7. The minimum atomic E-state index is 0.0258. The molecule has 0 spiro atoms. The molecule has 21 heavy (non-hydrogen) atoms. The number of nitrogens with two attached hydrogens (primary N) is 1. The molecule has 2 unspecified atom stereocenters.